The molecule has 2 rings (SSSR count). The molecule has 0 saturated carbocycles. The maximum atomic E-state index is 8.76. The maximum absolute atomic E-state index is 8.76. The van der Waals surface area contributed by atoms with Crippen LogP contribution in [0.3, 0.4) is 0 Å². The van der Waals surface area contributed by atoms with Crippen molar-refractivity contribution in [3.8, 4) is 5.75 Å². The summed E-state index contributed by atoms with van der Waals surface area (Å²) in [7, 11) is 0. The van der Waals surface area contributed by atoms with Crippen LogP contribution in [0.4, 0.5) is 0 Å². The average Bonchev–Trinajstić information content (AvgIpc) is 2.46. The molecular formula is C15H15ClN2O2. The van der Waals surface area contributed by atoms with Crippen LogP contribution in [0.5, 0.6) is 5.75 Å². The van der Waals surface area contributed by atoms with Crippen molar-refractivity contribution in [2.24, 2.45) is 10.9 Å². The van der Waals surface area contributed by atoms with Gasteiger partial charge in [-0.3, -0.25) is 0 Å². The molecule has 0 radical (unpaired) electrons. The van der Waals surface area contributed by atoms with Crippen LogP contribution < -0.4 is 10.5 Å². The Bertz CT molecular complexity index is 642. The average molecular weight is 291 g/mol. The van der Waals surface area contributed by atoms with E-state index in [9.17, 15) is 0 Å². The molecule has 4 nitrogen and oxygen atoms in total. The number of amidine groups is 1. The first-order valence-electron chi connectivity index (χ1n) is 6.06. The van der Waals surface area contributed by atoms with Gasteiger partial charge in [-0.1, -0.05) is 41.0 Å². The van der Waals surface area contributed by atoms with E-state index in [-0.39, 0.29) is 5.84 Å². The Labute approximate surface area is 122 Å². The summed E-state index contributed by atoms with van der Waals surface area (Å²) in [4.78, 5) is 0. The molecule has 104 valence electrons. The SMILES string of the molecule is Cc1ccc(COc2ccccc2/C(N)=N/O)c(Cl)c1. The number of ether oxygens (including phenoxy) is 1. The molecular weight excluding hydrogens is 276 g/mol. The Morgan fingerprint density at radius 3 is 2.75 bits per heavy atom. The Kier molecular flexibility index (Phi) is 4.48. The molecule has 20 heavy (non-hydrogen) atoms. The minimum atomic E-state index is 0.00982. The first-order valence-corrected chi connectivity index (χ1v) is 6.44. The van der Waals surface area contributed by atoms with E-state index in [4.69, 9.17) is 27.3 Å². The quantitative estimate of drug-likeness (QED) is 0.393. The van der Waals surface area contributed by atoms with E-state index in [1.54, 1.807) is 18.2 Å². The maximum Gasteiger partial charge on any atom is 0.173 e. The van der Waals surface area contributed by atoms with Crippen LogP contribution in [0.15, 0.2) is 47.6 Å². The standard InChI is InChI=1S/C15H15ClN2O2/c1-10-6-7-11(13(16)8-10)9-20-14-5-3-2-4-12(14)15(17)18-19/h2-8,19H,9H2,1H3,(H2,17,18). The number of oxime groups is 1. The molecule has 0 fully saturated rings. The molecule has 0 bridgehead atoms. The Hall–Kier alpha value is -2.20. The van der Waals surface area contributed by atoms with Crippen LogP contribution in [0.25, 0.3) is 0 Å². The van der Waals surface area contributed by atoms with Gasteiger partial charge in [-0.15, -0.1) is 0 Å². The topological polar surface area (TPSA) is 67.8 Å². The predicted molar refractivity (Wildman–Crippen MR) is 79.5 cm³/mol. The molecule has 0 aliphatic rings. The van der Waals surface area contributed by atoms with Crippen molar-refractivity contribution < 1.29 is 9.94 Å². The molecule has 0 aliphatic heterocycles. The second-order valence-corrected chi connectivity index (χ2v) is 4.77. The summed E-state index contributed by atoms with van der Waals surface area (Å²) in [5, 5.41) is 12.4. The van der Waals surface area contributed by atoms with Crippen LogP contribution in [0.1, 0.15) is 16.7 Å². The molecule has 2 aromatic carbocycles. The van der Waals surface area contributed by atoms with Crippen LogP contribution in [0.2, 0.25) is 5.02 Å². The van der Waals surface area contributed by atoms with Crippen molar-refractivity contribution in [1.82, 2.24) is 0 Å². The van der Waals surface area contributed by atoms with Gasteiger partial charge in [-0.2, -0.15) is 0 Å². The van der Waals surface area contributed by atoms with Crippen molar-refractivity contribution in [2.45, 2.75) is 13.5 Å². The number of hydrogen-bond acceptors (Lipinski definition) is 3. The van der Waals surface area contributed by atoms with Gasteiger partial charge in [0.15, 0.2) is 5.84 Å². The van der Waals surface area contributed by atoms with Crippen molar-refractivity contribution >= 4 is 17.4 Å². The van der Waals surface area contributed by atoms with E-state index in [1.807, 2.05) is 31.2 Å². The molecule has 0 atom stereocenters. The fourth-order valence-electron chi connectivity index (χ4n) is 1.78. The zero-order chi connectivity index (χ0) is 14.5. The van der Waals surface area contributed by atoms with E-state index in [0.717, 1.165) is 11.1 Å². The lowest BCUT2D eigenvalue weighted by atomic mass is 10.1. The Morgan fingerprint density at radius 1 is 1.30 bits per heavy atom. The first kappa shape index (κ1) is 14.2. The van der Waals surface area contributed by atoms with Crippen molar-refractivity contribution in [1.29, 1.82) is 0 Å². The molecule has 0 heterocycles. The molecule has 3 N–H and O–H groups in total. The van der Waals surface area contributed by atoms with Crippen LogP contribution in [-0.4, -0.2) is 11.0 Å². The molecule has 0 spiro atoms. The summed E-state index contributed by atoms with van der Waals surface area (Å²) >= 11 is 6.16. The predicted octanol–water partition coefficient (Wildman–Crippen LogP) is 3.32. The first-order chi connectivity index (χ1) is 9.61. The Balaban J connectivity index is 2.19. The van der Waals surface area contributed by atoms with Crippen molar-refractivity contribution in [3.05, 3.63) is 64.2 Å². The number of nitrogens with zero attached hydrogens (tertiary/aromatic N) is 1. The van der Waals surface area contributed by atoms with Gasteiger partial charge in [0.25, 0.3) is 0 Å². The highest BCUT2D eigenvalue weighted by Crippen LogP contribution is 2.22. The highest BCUT2D eigenvalue weighted by molar-refractivity contribution is 6.31. The van der Waals surface area contributed by atoms with Gasteiger partial charge in [0.1, 0.15) is 12.4 Å². The zero-order valence-corrected chi connectivity index (χ0v) is 11.8. The van der Waals surface area contributed by atoms with Crippen LogP contribution in [0, 0.1) is 6.92 Å². The molecule has 0 amide bonds. The lowest BCUT2D eigenvalue weighted by Gasteiger charge is -2.11. The zero-order valence-electron chi connectivity index (χ0n) is 11.0. The summed E-state index contributed by atoms with van der Waals surface area (Å²) in [6.45, 7) is 2.29. The van der Waals surface area contributed by atoms with Crippen LogP contribution in [-0.2, 0) is 6.61 Å². The summed E-state index contributed by atoms with van der Waals surface area (Å²) in [6, 6.07) is 12.9. The lowest BCUT2D eigenvalue weighted by molar-refractivity contribution is 0.303. The molecule has 5 heteroatoms. The summed E-state index contributed by atoms with van der Waals surface area (Å²) in [5.41, 5.74) is 8.12. The van der Waals surface area contributed by atoms with E-state index < -0.39 is 0 Å². The number of halogens is 1. The summed E-state index contributed by atoms with van der Waals surface area (Å²) in [5.74, 6) is 0.551. The van der Waals surface area contributed by atoms with Gasteiger partial charge < -0.3 is 15.7 Å². The highest BCUT2D eigenvalue weighted by atomic mass is 35.5. The molecule has 2 aromatic rings. The third-order valence-electron chi connectivity index (χ3n) is 2.86. The van der Waals surface area contributed by atoms with Gasteiger partial charge in [0.05, 0.1) is 5.56 Å². The third kappa shape index (κ3) is 3.22. The van der Waals surface area contributed by atoms with Gasteiger partial charge in [-0.25, -0.2) is 0 Å². The minimum Gasteiger partial charge on any atom is -0.488 e. The van der Waals surface area contributed by atoms with Crippen LogP contribution >= 0.6 is 11.6 Å². The minimum absolute atomic E-state index is 0.00982. The van der Waals surface area contributed by atoms with E-state index in [2.05, 4.69) is 5.16 Å². The number of hydrogen-bond donors (Lipinski definition) is 2. The van der Waals surface area contributed by atoms with Gasteiger partial charge in [0, 0.05) is 10.6 Å². The second kappa shape index (κ2) is 6.30. The van der Waals surface area contributed by atoms with Crippen molar-refractivity contribution in [3.63, 3.8) is 0 Å². The number of benzene rings is 2. The largest absolute Gasteiger partial charge is 0.488 e. The summed E-state index contributed by atoms with van der Waals surface area (Å²) in [6.07, 6.45) is 0. The fraction of sp³-hybridized carbons (Fsp3) is 0.133. The second-order valence-electron chi connectivity index (χ2n) is 4.36. The normalized spacial score (nSPS) is 11.4. The summed E-state index contributed by atoms with van der Waals surface area (Å²) < 4.78 is 5.71. The van der Waals surface area contributed by atoms with Gasteiger partial charge in [-0.05, 0) is 30.7 Å². The molecule has 0 aromatic heterocycles. The fourth-order valence-corrected chi connectivity index (χ4v) is 2.07. The third-order valence-corrected chi connectivity index (χ3v) is 3.21. The Morgan fingerprint density at radius 2 is 2.05 bits per heavy atom. The van der Waals surface area contributed by atoms with Gasteiger partial charge >= 0.3 is 0 Å². The molecule has 0 saturated heterocycles. The van der Waals surface area contributed by atoms with E-state index in [1.165, 1.54) is 0 Å². The monoisotopic (exact) mass is 290 g/mol. The van der Waals surface area contributed by atoms with E-state index >= 15 is 0 Å². The molecule has 0 aliphatic carbocycles. The highest BCUT2D eigenvalue weighted by Gasteiger charge is 2.08. The number of para-hydroxylation sites is 1. The number of nitrogens with two attached hydrogens (primary N) is 1. The number of rotatable bonds is 4. The van der Waals surface area contributed by atoms with Gasteiger partial charge in [0.2, 0.25) is 0 Å². The van der Waals surface area contributed by atoms with Crippen molar-refractivity contribution in [2.75, 3.05) is 0 Å². The molecule has 0 unspecified atom stereocenters. The smallest absolute Gasteiger partial charge is 0.173 e. The van der Waals surface area contributed by atoms with E-state index in [0.29, 0.717) is 22.9 Å². The lowest BCUT2D eigenvalue weighted by Crippen LogP contribution is -2.14. The number of aryl methyl sites for hydroxylation is 1.